The normalized spacial score (nSPS) is 22.4. The second kappa shape index (κ2) is 12.0. The fraction of sp³-hybridized carbons (Fsp3) is 0.323. The number of nitrogens with one attached hydrogen (secondary N) is 2. The summed E-state index contributed by atoms with van der Waals surface area (Å²) in [6, 6.07) is 19.7. The van der Waals surface area contributed by atoms with E-state index in [4.69, 9.17) is 32.9 Å². The lowest BCUT2D eigenvalue weighted by molar-refractivity contribution is 0.102. The molecular formula is C31H38N10O2. The summed E-state index contributed by atoms with van der Waals surface area (Å²) in [6.45, 7) is 2.50. The number of carbonyl (C=O) groups is 1. The van der Waals surface area contributed by atoms with Crippen LogP contribution in [0.3, 0.4) is 0 Å². The number of phenols is 1. The predicted molar refractivity (Wildman–Crippen MR) is 171 cm³/mol. The van der Waals surface area contributed by atoms with E-state index in [2.05, 4.69) is 15.5 Å². The average Bonchev–Trinajstić information content (AvgIpc) is 2.97. The third-order valence-corrected chi connectivity index (χ3v) is 7.90. The van der Waals surface area contributed by atoms with Crippen LogP contribution in [-0.2, 0) is 0 Å². The van der Waals surface area contributed by atoms with Gasteiger partial charge in [-0.05, 0) is 48.6 Å². The van der Waals surface area contributed by atoms with Crippen LogP contribution in [0.5, 0.6) is 5.75 Å². The van der Waals surface area contributed by atoms with Gasteiger partial charge in [0, 0.05) is 73.2 Å². The Bertz CT molecular complexity index is 1550. The number of piperidine rings is 2. The van der Waals surface area contributed by atoms with Crippen molar-refractivity contribution in [2.75, 3.05) is 46.6 Å². The van der Waals surface area contributed by atoms with Gasteiger partial charge in [0.2, 0.25) is 5.95 Å². The average molecular weight is 583 g/mol. The number of phenolic OH excluding ortho intramolecular Hbond substituents is 1. The van der Waals surface area contributed by atoms with E-state index in [0.717, 1.165) is 29.7 Å². The molecule has 0 bridgehead atoms. The Morgan fingerprint density at radius 3 is 2.05 bits per heavy atom. The molecule has 224 valence electrons. The van der Waals surface area contributed by atoms with Crippen LogP contribution < -0.4 is 43.4 Å². The Balaban J connectivity index is 1.22. The predicted octanol–water partition coefficient (Wildman–Crippen LogP) is 2.06. The first kappa shape index (κ1) is 28.6. The summed E-state index contributed by atoms with van der Waals surface area (Å²) >= 11 is 0. The van der Waals surface area contributed by atoms with Crippen LogP contribution in [0, 0.1) is 0 Å². The molecule has 0 saturated carbocycles. The number of benzene rings is 3. The molecule has 1 aromatic heterocycles. The zero-order valence-corrected chi connectivity index (χ0v) is 23.9. The van der Waals surface area contributed by atoms with Crippen molar-refractivity contribution >= 4 is 45.6 Å². The molecule has 3 heterocycles. The number of anilines is 5. The van der Waals surface area contributed by atoms with Crippen molar-refractivity contribution in [2.24, 2.45) is 22.9 Å². The second-order valence-electron chi connectivity index (χ2n) is 11.6. The van der Waals surface area contributed by atoms with E-state index >= 15 is 0 Å². The number of aromatic nitrogens is 2. The second-order valence-corrected chi connectivity index (χ2v) is 11.6. The maximum atomic E-state index is 13.0. The Kier molecular flexibility index (Phi) is 8.00. The van der Waals surface area contributed by atoms with Gasteiger partial charge in [-0.15, -0.1) is 0 Å². The molecule has 0 spiro atoms. The Hall–Kier alpha value is -4.49. The molecule has 1 amide bonds. The smallest absolute Gasteiger partial charge is 0.259 e. The molecule has 11 N–H and O–H groups in total. The molecule has 3 aromatic carbocycles. The lowest BCUT2D eigenvalue weighted by Crippen LogP contribution is -2.53. The van der Waals surface area contributed by atoms with Crippen LogP contribution in [0.25, 0.3) is 10.8 Å². The van der Waals surface area contributed by atoms with E-state index in [1.807, 2.05) is 47.4 Å². The SMILES string of the molecule is N[C@@H]1C[C@H](N)CN(c2cc(Nc3ccc(NC(=O)c4ccc5ccccc5c4O)cc3)nc(N3C[C@H](N)C[C@H](N)C3)n2)C1. The van der Waals surface area contributed by atoms with Crippen molar-refractivity contribution < 1.29 is 9.90 Å². The highest BCUT2D eigenvalue weighted by molar-refractivity contribution is 6.09. The summed E-state index contributed by atoms with van der Waals surface area (Å²) in [4.78, 5) is 26.8. The fourth-order valence-electron chi connectivity index (χ4n) is 5.92. The maximum Gasteiger partial charge on any atom is 0.259 e. The largest absolute Gasteiger partial charge is 0.506 e. The van der Waals surface area contributed by atoms with Gasteiger partial charge < -0.3 is 48.5 Å². The third-order valence-electron chi connectivity index (χ3n) is 7.90. The first-order chi connectivity index (χ1) is 20.7. The lowest BCUT2D eigenvalue weighted by Gasteiger charge is -2.37. The maximum absolute atomic E-state index is 13.0. The molecule has 0 unspecified atom stereocenters. The summed E-state index contributed by atoms with van der Waals surface area (Å²) in [5, 5.41) is 18.4. The summed E-state index contributed by atoms with van der Waals surface area (Å²) in [7, 11) is 0. The van der Waals surface area contributed by atoms with E-state index in [-0.39, 0.29) is 35.5 Å². The fourth-order valence-corrected chi connectivity index (χ4v) is 5.92. The molecule has 12 nitrogen and oxygen atoms in total. The molecule has 43 heavy (non-hydrogen) atoms. The van der Waals surface area contributed by atoms with Crippen molar-refractivity contribution in [3.63, 3.8) is 0 Å². The van der Waals surface area contributed by atoms with Gasteiger partial charge in [-0.1, -0.05) is 30.3 Å². The Labute approximate surface area is 250 Å². The number of rotatable bonds is 6. The van der Waals surface area contributed by atoms with E-state index < -0.39 is 5.91 Å². The number of aromatic hydroxyl groups is 1. The van der Waals surface area contributed by atoms with Crippen LogP contribution >= 0.6 is 0 Å². The summed E-state index contributed by atoms with van der Waals surface area (Å²) in [5.74, 6) is 1.42. The van der Waals surface area contributed by atoms with Crippen molar-refractivity contribution in [3.8, 4) is 5.75 Å². The van der Waals surface area contributed by atoms with Crippen molar-refractivity contribution in [1.29, 1.82) is 0 Å². The Morgan fingerprint density at radius 2 is 1.37 bits per heavy atom. The van der Waals surface area contributed by atoms with Crippen LogP contribution in [-0.4, -0.2) is 71.3 Å². The first-order valence-corrected chi connectivity index (χ1v) is 14.5. The van der Waals surface area contributed by atoms with Crippen LogP contribution in [0.4, 0.5) is 29.0 Å². The third kappa shape index (κ3) is 6.47. The van der Waals surface area contributed by atoms with E-state index in [1.54, 1.807) is 24.3 Å². The van der Waals surface area contributed by atoms with Gasteiger partial charge in [-0.3, -0.25) is 4.79 Å². The molecule has 12 heteroatoms. The molecular weight excluding hydrogens is 544 g/mol. The minimum atomic E-state index is -0.398. The molecule has 0 radical (unpaired) electrons. The molecule has 2 saturated heterocycles. The van der Waals surface area contributed by atoms with Gasteiger partial charge in [0.05, 0.1) is 5.56 Å². The minimum Gasteiger partial charge on any atom is -0.506 e. The van der Waals surface area contributed by atoms with Crippen LogP contribution in [0.1, 0.15) is 23.2 Å². The van der Waals surface area contributed by atoms with E-state index in [9.17, 15) is 9.90 Å². The van der Waals surface area contributed by atoms with E-state index in [0.29, 0.717) is 49.0 Å². The van der Waals surface area contributed by atoms with Gasteiger partial charge in [0.1, 0.15) is 17.4 Å². The van der Waals surface area contributed by atoms with Crippen LogP contribution in [0.15, 0.2) is 66.7 Å². The van der Waals surface area contributed by atoms with Gasteiger partial charge >= 0.3 is 0 Å². The minimum absolute atomic E-state index is 0.0458. The van der Waals surface area contributed by atoms with Gasteiger partial charge in [0.15, 0.2) is 0 Å². The van der Waals surface area contributed by atoms with Gasteiger partial charge in [-0.25, -0.2) is 0 Å². The van der Waals surface area contributed by atoms with Crippen molar-refractivity contribution in [2.45, 2.75) is 37.0 Å². The molecule has 0 aliphatic carbocycles. The molecule has 4 atom stereocenters. The molecule has 6 rings (SSSR count). The summed E-state index contributed by atoms with van der Waals surface area (Å²) in [6.07, 6.45) is 1.51. The number of hydrogen-bond donors (Lipinski definition) is 7. The number of carbonyl (C=O) groups excluding carboxylic acids is 1. The zero-order valence-electron chi connectivity index (χ0n) is 23.9. The van der Waals surface area contributed by atoms with Crippen molar-refractivity contribution in [3.05, 3.63) is 72.3 Å². The number of hydrogen-bond acceptors (Lipinski definition) is 11. The van der Waals surface area contributed by atoms with E-state index in [1.165, 1.54) is 0 Å². The van der Waals surface area contributed by atoms with Crippen molar-refractivity contribution in [1.82, 2.24) is 9.97 Å². The number of nitrogens with zero attached hydrogens (tertiary/aromatic N) is 4. The zero-order chi connectivity index (χ0) is 30.1. The molecule has 2 fully saturated rings. The topological polar surface area (TPSA) is 198 Å². The number of fused-ring (bicyclic) bond motifs is 1. The van der Waals surface area contributed by atoms with Crippen LogP contribution in [0.2, 0.25) is 0 Å². The highest BCUT2D eigenvalue weighted by Crippen LogP contribution is 2.30. The summed E-state index contributed by atoms with van der Waals surface area (Å²) < 4.78 is 0. The summed E-state index contributed by atoms with van der Waals surface area (Å²) in [5.41, 5.74) is 26.7. The Morgan fingerprint density at radius 1 is 0.767 bits per heavy atom. The first-order valence-electron chi connectivity index (χ1n) is 14.5. The quantitative estimate of drug-likeness (QED) is 0.176. The number of nitrogens with two attached hydrogens (primary N) is 4. The van der Waals surface area contributed by atoms with Gasteiger partial charge in [0.25, 0.3) is 5.91 Å². The standard InChI is InChI=1S/C31H38N10O2/c32-19-11-20(33)15-40(14-19)28-13-27(38-31(39-28)41-16-21(34)12-22(35)17-41)36-23-6-8-24(9-7-23)37-30(43)26-10-5-18-3-1-2-4-25(18)29(26)42/h1-10,13,19-22,42H,11-12,14-17,32-35H2,(H,37,43)(H,36,38,39)/t19-,20+,21-,22+. The molecule has 4 aromatic rings. The van der Waals surface area contributed by atoms with Gasteiger partial charge in [-0.2, -0.15) is 9.97 Å². The monoisotopic (exact) mass is 582 g/mol. The molecule has 2 aliphatic rings. The molecule has 2 aliphatic heterocycles. The number of amides is 1. The highest BCUT2D eigenvalue weighted by atomic mass is 16.3. The highest BCUT2D eigenvalue weighted by Gasteiger charge is 2.28. The lowest BCUT2D eigenvalue weighted by atomic mass is 10.0.